The SMILES string of the molecule is C.C.C.C.CS(=O)(=O)OC1CCN(c2ccc([N+](=O)[O-])cc2)C1.Nc1ccc(N2CCC(n3ccnc3)C2)cc1.O=[N+]([O-])c1ccc(F)cc1.O=[N+]([O-])c1ccc(N2CCC(O)C2)cc1.O=[N+]([O-])c1ccc(N2CCC(n3ccnc3)C2)cc1.OC1CCNC1. The van der Waals surface area contributed by atoms with Gasteiger partial charge in [-0.15, -0.1) is 0 Å². The monoisotopic (exact) mass is 1270 g/mol. The van der Waals surface area contributed by atoms with E-state index in [0.29, 0.717) is 38.1 Å². The first-order valence-corrected chi connectivity index (χ1v) is 29.4. The number of aromatic nitrogens is 4. The molecule has 27 nitrogen and oxygen atoms in total. The molecule has 7 aromatic rings. The fourth-order valence-corrected chi connectivity index (χ4v) is 10.6. The Morgan fingerprint density at radius 1 is 0.522 bits per heavy atom. The summed E-state index contributed by atoms with van der Waals surface area (Å²) in [5.41, 5.74) is 10.7. The molecule has 0 aliphatic carbocycles. The van der Waals surface area contributed by atoms with Crippen molar-refractivity contribution in [1.82, 2.24) is 24.4 Å². The van der Waals surface area contributed by atoms with Gasteiger partial charge in [0.25, 0.3) is 32.9 Å². The predicted molar refractivity (Wildman–Crippen MR) is 349 cm³/mol. The number of nitrogens with two attached hydrogens (primary N) is 1. The van der Waals surface area contributed by atoms with Gasteiger partial charge in [-0.3, -0.25) is 44.6 Å². The van der Waals surface area contributed by atoms with Crippen molar-refractivity contribution in [2.75, 3.05) is 97.0 Å². The number of nitrogen functional groups attached to an aromatic ring is 1. The number of hydrogen-bond donors (Lipinski definition) is 4. The molecule has 2 aromatic heterocycles. The lowest BCUT2D eigenvalue weighted by Crippen LogP contribution is -2.24. The van der Waals surface area contributed by atoms with Crippen molar-refractivity contribution in [2.24, 2.45) is 0 Å². The minimum absolute atomic E-state index is 0. The quantitative estimate of drug-likeness (QED) is 0.0382. The lowest BCUT2D eigenvalue weighted by atomic mass is 10.2. The lowest BCUT2D eigenvalue weighted by molar-refractivity contribution is -0.385. The molecule has 5 N–H and O–H groups in total. The third kappa shape index (κ3) is 23.4. The fourth-order valence-electron chi connectivity index (χ4n) is 9.92. The molecule has 29 heteroatoms. The van der Waals surface area contributed by atoms with Crippen LogP contribution in [0.1, 0.15) is 73.9 Å². The second kappa shape index (κ2) is 36.4. The minimum Gasteiger partial charge on any atom is -0.399 e. The summed E-state index contributed by atoms with van der Waals surface area (Å²) in [6.45, 7) is 8.32. The minimum atomic E-state index is -3.45. The Bertz CT molecular complexity index is 3350. The number of imidazole rings is 2. The van der Waals surface area contributed by atoms with Crippen LogP contribution >= 0.6 is 0 Å². The zero-order chi connectivity index (χ0) is 61.8. The normalized spacial score (nSPS) is 18.6. The van der Waals surface area contributed by atoms with Crippen LogP contribution in [0.2, 0.25) is 0 Å². The van der Waals surface area contributed by atoms with E-state index in [9.17, 15) is 58.4 Å². The largest absolute Gasteiger partial charge is 0.399 e. The summed E-state index contributed by atoms with van der Waals surface area (Å²) < 4.78 is 43.4. The Hall–Kier alpha value is -9.16. The van der Waals surface area contributed by atoms with Gasteiger partial charge in [-0.2, -0.15) is 8.42 Å². The van der Waals surface area contributed by atoms with E-state index in [2.05, 4.69) is 46.4 Å². The zero-order valence-corrected chi connectivity index (χ0v) is 47.9. The summed E-state index contributed by atoms with van der Waals surface area (Å²) in [7, 11) is -3.45. The molecule has 490 valence electrons. The molecule has 90 heavy (non-hydrogen) atoms. The zero-order valence-electron chi connectivity index (χ0n) is 47.1. The number of hydrogen-bond acceptors (Lipinski definition) is 21. The van der Waals surface area contributed by atoms with Crippen LogP contribution in [-0.2, 0) is 14.3 Å². The number of rotatable bonds is 12. The van der Waals surface area contributed by atoms with E-state index in [0.717, 1.165) is 118 Å². The van der Waals surface area contributed by atoms with E-state index in [1.54, 1.807) is 42.6 Å². The molecule has 5 unspecified atom stereocenters. The highest BCUT2D eigenvalue weighted by molar-refractivity contribution is 7.86. The molecule has 0 radical (unpaired) electrons. The van der Waals surface area contributed by atoms with Gasteiger partial charge in [0.1, 0.15) is 5.82 Å². The third-order valence-electron chi connectivity index (χ3n) is 14.4. The Balaban J connectivity index is 0.000000287. The molecule has 12 rings (SSSR count). The molecule has 5 aliphatic heterocycles. The Morgan fingerprint density at radius 3 is 1.19 bits per heavy atom. The highest BCUT2D eigenvalue weighted by Gasteiger charge is 2.28. The van der Waals surface area contributed by atoms with Gasteiger partial charge in [-0.1, -0.05) is 29.7 Å². The first-order valence-electron chi connectivity index (χ1n) is 27.6. The van der Waals surface area contributed by atoms with Crippen molar-refractivity contribution in [3.05, 3.63) is 205 Å². The molecule has 0 saturated carbocycles. The van der Waals surface area contributed by atoms with Crippen molar-refractivity contribution in [1.29, 1.82) is 0 Å². The molecule has 0 amide bonds. The van der Waals surface area contributed by atoms with Gasteiger partial charge in [0, 0.05) is 161 Å². The Labute approximate surface area is 524 Å². The van der Waals surface area contributed by atoms with E-state index in [4.69, 9.17) is 15.0 Å². The van der Waals surface area contributed by atoms with Crippen molar-refractivity contribution < 1.29 is 46.9 Å². The molecular formula is C61H85FN14O13S. The summed E-state index contributed by atoms with van der Waals surface area (Å²) in [6, 6.07) is 32.7. The number of nitro benzene ring substituents is 4. The number of β-amino-alcohol motifs (C(OH)–C–C–N with tert-alkyl or cyclic N) is 2. The number of benzene rings is 5. The lowest BCUT2D eigenvalue weighted by Gasteiger charge is -2.19. The van der Waals surface area contributed by atoms with Crippen molar-refractivity contribution in [3.63, 3.8) is 0 Å². The summed E-state index contributed by atoms with van der Waals surface area (Å²) in [5.74, 6) is -0.467. The average molecular weight is 1270 g/mol. The third-order valence-corrected chi connectivity index (χ3v) is 15.1. The van der Waals surface area contributed by atoms with Crippen LogP contribution in [0.5, 0.6) is 0 Å². The van der Waals surface area contributed by atoms with E-state index >= 15 is 0 Å². The molecule has 5 fully saturated rings. The topological polar surface area (TPSA) is 343 Å². The van der Waals surface area contributed by atoms with E-state index in [1.807, 2.05) is 65.3 Å². The van der Waals surface area contributed by atoms with Crippen LogP contribution in [0.4, 0.5) is 55.6 Å². The summed E-state index contributed by atoms with van der Waals surface area (Å²) in [5, 5.41) is 62.6. The van der Waals surface area contributed by atoms with Gasteiger partial charge in [0.2, 0.25) is 0 Å². The van der Waals surface area contributed by atoms with Crippen LogP contribution in [0.15, 0.2) is 159 Å². The molecule has 0 spiro atoms. The number of non-ortho nitro benzene ring substituents is 4. The van der Waals surface area contributed by atoms with Crippen molar-refractivity contribution >= 4 is 61.3 Å². The maximum absolute atomic E-state index is 12.1. The number of aliphatic hydroxyl groups is 2. The van der Waals surface area contributed by atoms with Gasteiger partial charge in [0.05, 0.1) is 69.0 Å². The summed E-state index contributed by atoms with van der Waals surface area (Å²) in [4.78, 5) is 56.6. The molecule has 7 heterocycles. The van der Waals surface area contributed by atoms with Gasteiger partial charge in [0.15, 0.2) is 0 Å². The van der Waals surface area contributed by atoms with Gasteiger partial charge < -0.3 is 50.0 Å². The summed E-state index contributed by atoms with van der Waals surface area (Å²) >= 11 is 0. The maximum atomic E-state index is 12.1. The molecule has 5 atom stereocenters. The Kier molecular flexibility index (Phi) is 30.3. The number of halogens is 1. The van der Waals surface area contributed by atoms with Gasteiger partial charge in [-0.25, -0.2) is 14.4 Å². The Morgan fingerprint density at radius 2 is 0.878 bits per heavy atom. The van der Waals surface area contributed by atoms with Crippen LogP contribution in [0.3, 0.4) is 0 Å². The van der Waals surface area contributed by atoms with Crippen LogP contribution in [0, 0.1) is 46.3 Å². The number of nitrogens with one attached hydrogen (secondary N) is 1. The smallest absolute Gasteiger partial charge is 0.269 e. The van der Waals surface area contributed by atoms with E-state index < -0.39 is 30.7 Å². The number of anilines is 5. The first-order chi connectivity index (χ1) is 41.2. The van der Waals surface area contributed by atoms with Crippen LogP contribution in [0.25, 0.3) is 0 Å². The second-order valence-corrected chi connectivity index (χ2v) is 22.2. The second-order valence-electron chi connectivity index (χ2n) is 20.6. The highest BCUT2D eigenvalue weighted by Crippen LogP contribution is 2.30. The average Bonchev–Trinajstić information content (AvgIpc) is 3.16. The number of aliphatic hydroxyl groups excluding tert-OH is 2. The first kappa shape index (κ1) is 75.1. The molecule has 5 saturated heterocycles. The standard InChI is InChI=1S/C13H14N4O2.C13H16N4.C11H14N2O5S.C10H12N2O3.C6H4FNO2.C4H9NO.4CH4/c18-17(19)12-3-1-11(2-4-12)15-7-5-13(9-15)16-8-6-14-10-16;14-11-1-3-12(4-2-11)16-7-5-13(9-16)17-8-6-15-10-17;1-19(16,17)18-11-6-7-12(8-11)9-2-4-10(5-3-9)13(14)15;13-10-5-6-11(7-10)8-1-3-9(4-2-8)12(14)15;7-5-1-3-6(4-2-5)8(9)10;6-4-1-2-5-3-4;;;;/h1-4,6,8,10,13H,5,7,9H2;1-4,6,8,10,13H,5,7,9,14H2;2-5,11H,6-8H2,1H3;1-4,10,13H,5-7H2;1-4H;4-6H,1-3H2;4*1H4. The van der Waals surface area contributed by atoms with E-state index in [1.165, 1.54) is 36.4 Å². The van der Waals surface area contributed by atoms with Crippen molar-refractivity contribution in [2.45, 2.75) is 92.2 Å². The van der Waals surface area contributed by atoms with Crippen LogP contribution in [-0.4, -0.2) is 147 Å². The molecule has 0 bridgehead atoms. The fraction of sp³-hybridized carbons (Fsp3) is 0.410. The van der Waals surface area contributed by atoms with Gasteiger partial charge >= 0.3 is 0 Å². The molecule has 5 aliphatic rings. The predicted octanol–water partition coefficient (Wildman–Crippen LogP) is 10.1. The molecular weight excluding hydrogens is 1190 g/mol. The van der Waals surface area contributed by atoms with Crippen LogP contribution < -0.4 is 30.7 Å². The highest BCUT2D eigenvalue weighted by atomic mass is 32.2. The molecule has 5 aromatic carbocycles. The van der Waals surface area contributed by atoms with Gasteiger partial charge in [-0.05, 0) is 111 Å². The number of nitrogens with zero attached hydrogens (tertiary/aromatic N) is 12. The van der Waals surface area contributed by atoms with E-state index in [-0.39, 0.29) is 75.7 Å². The maximum Gasteiger partial charge on any atom is 0.269 e. The number of nitro groups is 4. The van der Waals surface area contributed by atoms with Crippen molar-refractivity contribution in [3.8, 4) is 0 Å². The summed E-state index contributed by atoms with van der Waals surface area (Å²) in [6.07, 6.45) is 16.2.